The van der Waals surface area contributed by atoms with Gasteiger partial charge in [-0.3, -0.25) is 0 Å². The Balaban J connectivity index is 1.73. The summed E-state index contributed by atoms with van der Waals surface area (Å²) in [5, 5.41) is 8.32. The third-order valence-electron chi connectivity index (χ3n) is 5.46. The normalized spacial score (nSPS) is 14.8. The highest BCUT2D eigenvalue weighted by Crippen LogP contribution is 2.28. The molecule has 0 N–H and O–H groups in total. The summed E-state index contributed by atoms with van der Waals surface area (Å²) in [5.74, 6) is 0.816. The molecule has 0 bridgehead atoms. The van der Waals surface area contributed by atoms with Crippen molar-refractivity contribution < 1.29 is 14.3 Å². The number of carbonyl (C=O) groups excluding carboxylic acids is 1. The first-order valence-electron chi connectivity index (χ1n) is 10.3. The van der Waals surface area contributed by atoms with E-state index in [0.29, 0.717) is 17.1 Å². The maximum absolute atomic E-state index is 12.1. The third kappa shape index (κ3) is 5.05. The summed E-state index contributed by atoms with van der Waals surface area (Å²) in [6, 6.07) is 3.90. The van der Waals surface area contributed by atoms with Crippen LogP contribution in [0.5, 0.6) is 5.75 Å². The molecule has 1 saturated carbocycles. The van der Waals surface area contributed by atoms with Crippen LogP contribution in [-0.4, -0.2) is 50.2 Å². The zero-order valence-corrected chi connectivity index (χ0v) is 18.0. The third-order valence-corrected chi connectivity index (χ3v) is 5.46. The minimum Gasteiger partial charge on any atom is -0.489 e. The van der Waals surface area contributed by atoms with E-state index < -0.39 is 0 Å². The fourth-order valence-corrected chi connectivity index (χ4v) is 3.35. The maximum atomic E-state index is 12.1. The predicted molar refractivity (Wildman–Crippen MR) is 110 cm³/mol. The summed E-state index contributed by atoms with van der Waals surface area (Å²) in [7, 11) is 3.49. The molecule has 0 unspecified atom stereocenters. The molecule has 1 fully saturated rings. The highest BCUT2D eigenvalue weighted by molar-refractivity contribution is 5.68. The molecule has 2 heterocycles. The van der Waals surface area contributed by atoms with Gasteiger partial charge in [-0.1, -0.05) is 11.6 Å². The number of pyridine rings is 1. The first-order valence-corrected chi connectivity index (χ1v) is 10.3. The topological polar surface area (TPSA) is 82.4 Å². The van der Waals surface area contributed by atoms with E-state index in [2.05, 4.69) is 15.3 Å². The standard InChI is InChI=1S/C21H31N5O3/c1-14(2)25(4)21(27)28-13-18-20(23-24-26(18)5)17-11-12-19(15(3)22-17)29-16-9-7-6-8-10-16/h11-12,14,16H,6-10,13H2,1-5H3. The largest absolute Gasteiger partial charge is 0.489 e. The van der Waals surface area contributed by atoms with Gasteiger partial charge in [0.2, 0.25) is 0 Å². The quantitative estimate of drug-likeness (QED) is 0.731. The maximum Gasteiger partial charge on any atom is 0.410 e. The average molecular weight is 402 g/mol. The zero-order chi connectivity index (χ0) is 21.0. The lowest BCUT2D eigenvalue weighted by molar-refractivity contribution is 0.0940. The number of hydrogen-bond acceptors (Lipinski definition) is 6. The molecular weight excluding hydrogens is 370 g/mol. The van der Waals surface area contributed by atoms with Gasteiger partial charge in [0.1, 0.15) is 23.7 Å². The lowest BCUT2D eigenvalue weighted by Crippen LogP contribution is -2.33. The van der Waals surface area contributed by atoms with Gasteiger partial charge < -0.3 is 14.4 Å². The van der Waals surface area contributed by atoms with Crippen LogP contribution in [0, 0.1) is 6.92 Å². The Bertz CT molecular complexity index is 843. The Kier molecular flexibility index (Phi) is 6.71. The lowest BCUT2D eigenvalue weighted by Gasteiger charge is -2.23. The average Bonchev–Trinajstić information content (AvgIpc) is 3.08. The fourth-order valence-electron chi connectivity index (χ4n) is 3.35. The van der Waals surface area contributed by atoms with Crippen LogP contribution < -0.4 is 4.74 Å². The van der Waals surface area contributed by atoms with Crippen LogP contribution in [0.2, 0.25) is 0 Å². The van der Waals surface area contributed by atoms with Crippen molar-refractivity contribution in [2.45, 2.75) is 71.6 Å². The summed E-state index contributed by atoms with van der Waals surface area (Å²) in [6.07, 6.45) is 5.85. The minimum atomic E-state index is -0.382. The van der Waals surface area contributed by atoms with Crippen molar-refractivity contribution in [1.29, 1.82) is 0 Å². The molecule has 2 aromatic heterocycles. The molecule has 8 nitrogen and oxygen atoms in total. The Morgan fingerprint density at radius 1 is 1.28 bits per heavy atom. The predicted octanol–water partition coefficient (Wildman–Crippen LogP) is 3.87. The number of aromatic nitrogens is 4. The summed E-state index contributed by atoms with van der Waals surface area (Å²) >= 11 is 0. The molecule has 0 aliphatic heterocycles. The van der Waals surface area contributed by atoms with Crippen LogP contribution >= 0.6 is 0 Å². The molecule has 0 spiro atoms. The molecule has 1 aliphatic rings. The van der Waals surface area contributed by atoms with E-state index in [4.69, 9.17) is 9.47 Å². The highest BCUT2D eigenvalue weighted by Gasteiger charge is 2.20. The van der Waals surface area contributed by atoms with Crippen molar-refractivity contribution >= 4 is 6.09 Å². The number of amides is 1. The van der Waals surface area contributed by atoms with Gasteiger partial charge in [0.15, 0.2) is 0 Å². The first-order chi connectivity index (χ1) is 13.9. The van der Waals surface area contributed by atoms with E-state index in [1.54, 1.807) is 23.7 Å². The van der Waals surface area contributed by atoms with Gasteiger partial charge in [0.05, 0.1) is 17.5 Å². The van der Waals surface area contributed by atoms with E-state index in [9.17, 15) is 4.79 Å². The fraction of sp³-hybridized carbons (Fsp3) is 0.619. The molecule has 1 amide bonds. The Morgan fingerprint density at radius 2 is 2.00 bits per heavy atom. The molecular formula is C21H31N5O3. The van der Waals surface area contributed by atoms with Crippen LogP contribution in [0.4, 0.5) is 4.79 Å². The molecule has 29 heavy (non-hydrogen) atoms. The number of carbonyl (C=O) groups is 1. The SMILES string of the molecule is Cc1nc(-c2nnn(C)c2COC(=O)N(C)C(C)C)ccc1OC1CCCCC1. The summed E-state index contributed by atoms with van der Waals surface area (Å²) in [5.41, 5.74) is 2.82. The monoisotopic (exact) mass is 401 g/mol. The van der Waals surface area contributed by atoms with Crippen LogP contribution in [0.1, 0.15) is 57.3 Å². The summed E-state index contributed by atoms with van der Waals surface area (Å²) < 4.78 is 13.2. The van der Waals surface area contributed by atoms with Gasteiger partial charge in [-0.05, 0) is 58.6 Å². The second kappa shape index (κ2) is 9.24. The molecule has 0 atom stereocenters. The molecule has 8 heteroatoms. The Morgan fingerprint density at radius 3 is 2.66 bits per heavy atom. The van der Waals surface area contributed by atoms with Crippen molar-refractivity contribution in [3.63, 3.8) is 0 Å². The summed E-state index contributed by atoms with van der Waals surface area (Å²) in [6.45, 7) is 5.88. The molecule has 0 aromatic carbocycles. The molecule has 2 aromatic rings. The second-order valence-electron chi connectivity index (χ2n) is 7.93. The second-order valence-corrected chi connectivity index (χ2v) is 7.93. The number of aryl methyl sites for hydroxylation is 2. The molecule has 158 valence electrons. The lowest BCUT2D eigenvalue weighted by atomic mass is 9.98. The van der Waals surface area contributed by atoms with Gasteiger partial charge in [0, 0.05) is 20.1 Å². The van der Waals surface area contributed by atoms with Crippen LogP contribution in [0.25, 0.3) is 11.4 Å². The van der Waals surface area contributed by atoms with Crippen LogP contribution in [-0.2, 0) is 18.4 Å². The molecule has 0 saturated heterocycles. The van der Waals surface area contributed by atoms with Crippen LogP contribution in [0.3, 0.4) is 0 Å². The van der Waals surface area contributed by atoms with Gasteiger partial charge in [-0.2, -0.15) is 0 Å². The van der Waals surface area contributed by atoms with E-state index in [-0.39, 0.29) is 24.8 Å². The molecule has 0 radical (unpaired) electrons. The minimum absolute atomic E-state index is 0.0626. The van der Waals surface area contributed by atoms with E-state index in [0.717, 1.165) is 24.3 Å². The first kappa shape index (κ1) is 21.1. The summed E-state index contributed by atoms with van der Waals surface area (Å²) in [4.78, 5) is 18.4. The molecule has 1 aliphatic carbocycles. The number of nitrogens with zero attached hydrogens (tertiary/aromatic N) is 5. The van der Waals surface area contributed by atoms with E-state index in [1.807, 2.05) is 32.9 Å². The highest BCUT2D eigenvalue weighted by atomic mass is 16.6. The number of rotatable bonds is 6. The van der Waals surface area contributed by atoms with E-state index >= 15 is 0 Å². The number of hydrogen-bond donors (Lipinski definition) is 0. The Labute approximate surface area is 172 Å². The van der Waals surface area contributed by atoms with Crippen LogP contribution in [0.15, 0.2) is 12.1 Å². The van der Waals surface area contributed by atoms with Crippen molar-refractivity contribution in [1.82, 2.24) is 24.9 Å². The Hall–Kier alpha value is -2.64. The number of ether oxygens (including phenoxy) is 2. The van der Waals surface area contributed by atoms with Gasteiger partial charge >= 0.3 is 6.09 Å². The van der Waals surface area contributed by atoms with E-state index in [1.165, 1.54) is 19.3 Å². The smallest absolute Gasteiger partial charge is 0.410 e. The van der Waals surface area contributed by atoms with Crippen molar-refractivity contribution in [2.24, 2.45) is 7.05 Å². The van der Waals surface area contributed by atoms with Crippen molar-refractivity contribution in [3.8, 4) is 17.1 Å². The van der Waals surface area contributed by atoms with Crippen molar-refractivity contribution in [3.05, 3.63) is 23.5 Å². The molecule has 3 rings (SSSR count). The zero-order valence-electron chi connectivity index (χ0n) is 18.0. The van der Waals surface area contributed by atoms with Gasteiger partial charge in [0.25, 0.3) is 0 Å². The van der Waals surface area contributed by atoms with Gasteiger partial charge in [-0.15, -0.1) is 5.10 Å². The van der Waals surface area contributed by atoms with Gasteiger partial charge in [-0.25, -0.2) is 14.5 Å². The van der Waals surface area contributed by atoms with Crippen molar-refractivity contribution in [2.75, 3.05) is 7.05 Å².